The minimum absolute atomic E-state index is 0.0706. The maximum atomic E-state index is 12.9. The summed E-state index contributed by atoms with van der Waals surface area (Å²) in [5, 5.41) is 0. The zero-order valence-electron chi connectivity index (χ0n) is 15.7. The molecule has 0 amide bonds. The molecule has 0 aromatic carbocycles. The number of ether oxygens (including phenoxy) is 1. The molecule has 6 heteroatoms. The number of aryl methyl sites for hydroxylation is 1. The molecule has 1 N–H and O–H groups in total. The van der Waals surface area contributed by atoms with E-state index in [0.717, 1.165) is 5.69 Å². The lowest BCUT2D eigenvalue weighted by Crippen LogP contribution is -2.42. The topological polar surface area (TPSA) is 66.3 Å². The van der Waals surface area contributed by atoms with Crippen LogP contribution in [-0.2, 0) is 4.74 Å². The van der Waals surface area contributed by atoms with E-state index in [2.05, 4.69) is 4.98 Å². The predicted molar refractivity (Wildman–Crippen MR) is 96.2 cm³/mol. The van der Waals surface area contributed by atoms with E-state index in [4.69, 9.17) is 4.74 Å². The zero-order valence-corrected chi connectivity index (χ0v) is 15.7. The lowest BCUT2D eigenvalue weighted by atomic mass is 10.0. The Morgan fingerprint density at radius 2 is 1.84 bits per heavy atom. The molecular weight excluding hydrogens is 318 g/mol. The van der Waals surface area contributed by atoms with Crippen molar-refractivity contribution in [1.29, 1.82) is 0 Å². The normalized spacial score (nSPS) is 11.9. The summed E-state index contributed by atoms with van der Waals surface area (Å²) in [5.74, 6) is -0.470. The Morgan fingerprint density at radius 3 is 2.36 bits per heavy atom. The van der Waals surface area contributed by atoms with Crippen LogP contribution in [0.4, 0.5) is 5.69 Å². The molecule has 2 rings (SSSR count). The van der Waals surface area contributed by atoms with Crippen LogP contribution in [0.3, 0.4) is 0 Å². The molecule has 25 heavy (non-hydrogen) atoms. The van der Waals surface area contributed by atoms with Gasteiger partial charge >= 0.3 is 5.97 Å². The highest BCUT2D eigenvalue weighted by atomic mass is 16.5. The van der Waals surface area contributed by atoms with Crippen LogP contribution >= 0.6 is 0 Å². The second-order valence-corrected chi connectivity index (χ2v) is 6.28. The summed E-state index contributed by atoms with van der Waals surface area (Å²) < 4.78 is 6.94. The van der Waals surface area contributed by atoms with Gasteiger partial charge in [0, 0.05) is 44.5 Å². The van der Waals surface area contributed by atoms with Gasteiger partial charge in [0.15, 0.2) is 12.4 Å². The number of anilines is 1. The molecule has 2 aromatic heterocycles. The number of nitrogens with one attached hydrogen (secondary N) is 1. The summed E-state index contributed by atoms with van der Waals surface area (Å²) >= 11 is 0. The van der Waals surface area contributed by atoms with Gasteiger partial charge in [0.1, 0.15) is 0 Å². The lowest BCUT2D eigenvalue weighted by Gasteiger charge is -2.12. The number of esters is 1. The Labute approximate surface area is 148 Å². The van der Waals surface area contributed by atoms with Gasteiger partial charge in [-0.25, -0.2) is 4.79 Å². The van der Waals surface area contributed by atoms with Crippen LogP contribution in [0.2, 0.25) is 0 Å². The highest BCUT2D eigenvalue weighted by Crippen LogP contribution is 2.22. The molecule has 0 unspecified atom stereocenters. The van der Waals surface area contributed by atoms with Crippen molar-refractivity contribution in [3.05, 3.63) is 47.0 Å². The van der Waals surface area contributed by atoms with Crippen LogP contribution in [0.25, 0.3) is 0 Å². The zero-order chi connectivity index (χ0) is 18.7. The van der Waals surface area contributed by atoms with E-state index in [-0.39, 0.29) is 11.8 Å². The molecule has 2 heterocycles. The van der Waals surface area contributed by atoms with Gasteiger partial charge in [-0.2, -0.15) is 4.57 Å². The third-order valence-corrected chi connectivity index (χ3v) is 4.34. The van der Waals surface area contributed by atoms with Gasteiger partial charge in [0.25, 0.3) is 0 Å². The second kappa shape index (κ2) is 7.51. The standard InChI is InChI=1S/C19H25N3O3/c1-7-25-19(24)16-12(2)17(20-13(16)3)18(23)14(4)22-10-8-15(9-11-22)21(5)6/h8-11,14H,7H2,1-6H3/p+1/t14-/m0/s1. The molecule has 0 radical (unpaired) electrons. The molecule has 6 nitrogen and oxygen atoms in total. The van der Waals surface area contributed by atoms with Gasteiger partial charge in [-0.05, 0) is 26.3 Å². The number of carbonyl (C=O) groups excluding carboxylic acids is 2. The van der Waals surface area contributed by atoms with Crippen LogP contribution < -0.4 is 9.47 Å². The summed E-state index contributed by atoms with van der Waals surface area (Å²) in [7, 11) is 3.94. The van der Waals surface area contributed by atoms with Gasteiger partial charge in [-0.15, -0.1) is 0 Å². The SMILES string of the molecule is CCOC(=O)c1c(C)[nH]c(C(=O)[C@H](C)[n+]2ccc(N(C)C)cc2)c1C. The first-order chi connectivity index (χ1) is 11.8. The molecule has 0 bridgehead atoms. The van der Waals surface area contributed by atoms with E-state index in [9.17, 15) is 9.59 Å². The largest absolute Gasteiger partial charge is 0.462 e. The van der Waals surface area contributed by atoms with E-state index < -0.39 is 5.97 Å². The first-order valence-corrected chi connectivity index (χ1v) is 8.36. The van der Waals surface area contributed by atoms with Crippen molar-refractivity contribution in [2.75, 3.05) is 25.6 Å². The van der Waals surface area contributed by atoms with E-state index >= 15 is 0 Å². The van der Waals surface area contributed by atoms with Gasteiger partial charge in [-0.3, -0.25) is 4.79 Å². The molecule has 0 aliphatic rings. The number of ketones is 1. The average Bonchev–Trinajstić information content (AvgIpc) is 2.88. The third-order valence-electron chi connectivity index (χ3n) is 4.34. The Bertz CT molecular complexity index is 776. The number of rotatable bonds is 6. The molecule has 0 aliphatic heterocycles. The fourth-order valence-corrected chi connectivity index (χ4v) is 2.84. The number of hydrogen-bond acceptors (Lipinski definition) is 4. The van der Waals surface area contributed by atoms with E-state index in [1.807, 2.05) is 55.0 Å². The summed E-state index contributed by atoms with van der Waals surface area (Å²) in [6, 6.07) is 3.53. The summed E-state index contributed by atoms with van der Waals surface area (Å²) in [5.41, 5.74) is 3.26. The number of Topliss-reactive ketones (excluding diaryl/α,β-unsaturated/α-hetero) is 1. The van der Waals surface area contributed by atoms with Crippen LogP contribution in [0.5, 0.6) is 0 Å². The number of aromatic amines is 1. The van der Waals surface area contributed by atoms with E-state index in [1.165, 1.54) is 0 Å². The van der Waals surface area contributed by atoms with Crippen LogP contribution in [0, 0.1) is 13.8 Å². The number of pyridine rings is 1. The van der Waals surface area contributed by atoms with E-state index in [0.29, 0.717) is 29.1 Å². The third kappa shape index (κ3) is 3.73. The summed E-state index contributed by atoms with van der Waals surface area (Å²) in [6.07, 6.45) is 3.77. The summed E-state index contributed by atoms with van der Waals surface area (Å²) in [6.45, 7) is 7.46. The Balaban J connectivity index is 2.31. The van der Waals surface area contributed by atoms with Crippen LogP contribution in [-0.4, -0.2) is 37.4 Å². The van der Waals surface area contributed by atoms with Crippen molar-refractivity contribution in [2.24, 2.45) is 0 Å². The average molecular weight is 344 g/mol. The van der Waals surface area contributed by atoms with Gasteiger partial charge < -0.3 is 14.6 Å². The number of hydrogen-bond donors (Lipinski definition) is 1. The molecule has 0 spiro atoms. The number of H-pyrrole nitrogens is 1. The van der Waals surface area contributed by atoms with Crippen molar-refractivity contribution >= 4 is 17.4 Å². The first kappa shape index (κ1) is 18.7. The minimum Gasteiger partial charge on any atom is -0.462 e. The lowest BCUT2D eigenvalue weighted by molar-refractivity contribution is -0.704. The Morgan fingerprint density at radius 1 is 1.24 bits per heavy atom. The van der Waals surface area contributed by atoms with Crippen molar-refractivity contribution in [3.63, 3.8) is 0 Å². The quantitative estimate of drug-likeness (QED) is 0.497. The fourth-order valence-electron chi connectivity index (χ4n) is 2.84. The van der Waals surface area contributed by atoms with Crippen LogP contribution in [0.15, 0.2) is 24.5 Å². The maximum absolute atomic E-state index is 12.9. The predicted octanol–water partition coefficient (Wildman–Crippen LogP) is 2.61. The highest BCUT2D eigenvalue weighted by molar-refractivity contribution is 6.02. The molecule has 0 saturated heterocycles. The molecule has 2 aromatic rings. The Kier molecular flexibility index (Phi) is 5.62. The number of aromatic nitrogens is 2. The van der Waals surface area contributed by atoms with E-state index in [1.54, 1.807) is 20.8 Å². The van der Waals surface area contributed by atoms with Crippen molar-refractivity contribution in [1.82, 2.24) is 4.98 Å². The molecular formula is C19H26N3O3+. The smallest absolute Gasteiger partial charge is 0.340 e. The first-order valence-electron chi connectivity index (χ1n) is 8.36. The Hall–Kier alpha value is -2.63. The molecule has 0 fully saturated rings. The summed E-state index contributed by atoms with van der Waals surface area (Å²) in [4.78, 5) is 30.1. The van der Waals surface area contributed by atoms with Crippen LogP contribution in [0.1, 0.15) is 52.0 Å². The maximum Gasteiger partial charge on any atom is 0.340 e. The second-order valence-electron chi connectivity index (χ2n) is 6.28. The van der Waals surface area contributed by atoms with Crippen molar-refractivity contribution < 1.29 is 18.9 Å². The monoisotopic (exact) mass is 344 g/mol. The van der Waals surface area contributed by atoms with Crippen molar-refractivity contribution in [2.45, 2.75) is 33.7 Å². The van der Waals surface area contributed by atoms with Crippen molar-refractivity contribution in [3.8, 4) is 0 Å². The van der Waals surface area contributed by atoms with Gasteiger partial charge in [0.2, 0.25) is 11.8 Å². The van der Waals surface area contributed by atoms with Gasteiger partial charge in [0.05, 0.1) is 17.9 Å². The number of carbonyl (C=O) groups is 2. The molecule has 0 saturated carbocycles. The number of nitrogens with zero attached hydrogens (tertiary/aromatic N) is 2. The minimum atomic E-state index is -0.400. The molecule has 1 atom stereocenters. The highest BCUT2D eigenvalue weighted by Gasteiger charge is 2.29. The fraction of sp³-hybridized carbons (Fsp3) is 0.421. The molecule has 0 aliphatic carbocycles. The molecule has 134 valence electrons. The van der Waals surface area contributed by atoms with Gasteiger partial charge in [-0.1, -0.05) is 0 Å².